The molecule has 5 rings (SSSR count). The molecular formula is C25H30N4O7S. The summed E-state index contributed by atoms with van der Waals surface area (Å²) < 4.78 is 16.8. The van der Waals surface area contributed by atoms with E-state index in [1.807, 2.05) is 23.9 Å². The number of hydrogen-bond donors (Lipinski definition) is 0. The largest absolute Gasteiger partial charge is 0.497 e. The molecule has 3 saturated heterocycles. The molecule has 1 aromatic carbocycles. The topological polar surface area (TPSA) is 122 Å². The van der Waals surface area contributed by atoms with E-state index in [0.717, 1.165) is 40.0 Å². The third-order valence-electron chi connectivity index (χ3n) is 7.35. The number of cyclic esters (lactones) is 2. The second kappa shape index (κ2) is 10.7. The number of nitrogens with zero attached hydrogens (tertiary/aromatic N) is 4. The summed E-state index contributed by atoms with van der Waals surface area (Å²) in [6.45, 7) is 2.37. The highest BCUT2D eigenvalue weighted by Crippen LogP contribution is 2.41. The number of ether oxygens (including phenoxy) is 3. The van der Waals surface area contributed by atoms with Gasteiger partial charge in [-0.25, -0.2) is 28.3 Å². The number of thioether (sulfide) groups is 1. The number of carbonyl (C=O) groups is 2. The second-order valence-corrected chi connectivity index (χ2v) is 10.9. The Morgan fingerprint density at radius 2 is 1.65 bits per heavy atom. The molecule has 0 amide bonds. The van der Waals surface area contributed by atoms with Gasteiger partial charge in [0.05, 0.1) is 7.11 Å². The number of piperidine rings is 1. The van der Waals surface area contributed by atoms with Crippen LogP contribution in [0.1, 0.15) is 49.9 Å². The van der Waals surface area contributed by atoms with Crippen LogP contribution in [0.4, 0.5) is 0 Å². The van der Waals surface area contributed by atoms with Crippen molar-refractivity contribution in [1.82, 2.24) is 19.0 Å². The molecular weight excluding hydrogens is 500 g/mol. The zero-order valence-corrected chi connectivity index (χ0v) is 21.6. The van der Waals surface area contributed by atoms with Gasteiger partial charge in [0, 0.05) is 36.2 Å². The number of esters is 2. The van der Waals surface area contributed by atoms with Crippen molar-refractivity contribution in [2.24, 2.45) is 0 Å². The molecule has 2 atom stereocenters. The van der Waals surface area contributed by atoms with Crippen molar-refractivity contribution in [3.63, 3.8) is 0 Å². The van der Waals surface area contributed by atoms with Gasteiger partial charge in [-0.1, -0.05) is 12.1 Å². The lowest BCUT2D eigenvalue weighted by Crippen LogP contribution is -2.46. The van der Waals surface area contributed by atoms with Crippen LogP contribution >= 0.6 is 11.8 Å². The fourth-order valence-electron chi connectivity index (χ4n) is 5.52. The third-order valence-corrected chi connectivity index (χ3v) is 8.71. The molecule has 11 nitrogen and oxygen atoms in total. The first-order valence-corrected chi connectivity index (χ1v) is 13.5. The van der Waals surface area contributed by atoms with Crippen LogP contribution in [0.2, 0.25) is 0 Å². The molecule has 3 fully saturated rings. The smallest absolute Gasteiger partial charge is 0.422 e. The average molecular weight is 531 g/mol. The fraction of sp³-hybridized carbons (Fsp3) is 0.560. The molecule has 2 bridgehead atoms. The summed E-state index contributed by atoms with van der Waals surface area (Å²) in [5.41, 5.74) is -0.0989. The first kappa shape index (κ1) is 25.5. The zero-order chi connectivity index (χ0) is 26.1. The minimum atomic E-state index is -1.54. The first-order chi connectivity index (χ1) is 17.8. The monoisotopic (exact) mass is 530 g/mol. The summed E-state index contributed by atoms with van der Waals surface area (Å²) in [7, 11) is 1.67. The molecule has 4 heterocycles. The van der Waals surface area contributed by atoms with E-state index in [2.05, 4.69) is 22.0 Å². The number of hydrogen-bond acceptors (Lipinski definition) is 10. The van der Waals surface area contributed by atoms with Crippen molar-refractivity contribution in [2.45, 2.75) is 75.1 Å². The van der Waals surface area contributed by atoms with Gasteiger partial charge in [0.2, 0.25) is 0 Å². The van der Waals surface area contributed by atoms with Gasteiger partial charge in [-0.3, -0.25) is 4.90 Å². The molecule has 0 spiro atoms. The van der Waals surface area contributed by atoms with Crippen LogP contribution in [-0.4, -0.2) is 61.9 Å². The van der Waals surface area contributed by atoms with Gasteiger partial charge in [0.1, 0.15) is 11.6 Å². The van der Waals surface area contributed by atoms with E-state index in [-0.39, 0.29) is 12.4 Å². The Bertz CT molecular complexity index is 1260. The maximum absolute atomic E-state index is 13.0. The number of carbonyl (C=O) groups excluding carboxylic acids is 2. The van der Waals surface area contributed by atoms with Crippen LogP contribution in [0, 0.1) is 6.92 Å². The molecule has 0 radical (unpaired) electrons. The van der Waals surface area contributed by atoms with Gasteiger partial charge in [-0.2, -0.15) is 16.7 Å². The highest BCUT2D eigenvalue weighted by atomic mass is 32.2. The van der Waals surface area contributed by atoms with E-state index in [0.29, 0.717) is 23.8 Å². The molecule has 37 heavy (non-hydrogen) atoms. The first-order valence-electron chi connectivity index (χ1n) is 12.5. The standard InChI is InChI=1S/C25H30N4O7S/c1-15-26-23(32)28(24(33)29(15)25-35-21(30)22(31)36-25)11-3-10-27-17-6-7-18(27)13-20(12-17)37-14-16-4-8-19(34-2)9-5-16/h4-5,8-9,17-18,20,25H,3,6-7,10-14H2,1-2H3. The van der Waals surface area contributed by atoms with Gasteiger partial charge in [0.25, 0.3) is 0 Å². The quantitative estimate of drug-likeness (QED) is 0.349. The van der Waals surface area contributed by atoms with Crippen LogP contribution in [0.15, 0.2) is 33.9 Å². The Balaban J connectivity index is 1.17. The molecule has 3 aliphatic heterocycles. The molecule has 2 unspecified atom stereocenters. The number of fused-ring (bicyclic) bond motifs is 2. The number of rotatable bonds is 9. The van der Waals surface area contributed by atoms with E-state index in [1.165, 1.54) is 25.3 Å². The number of methoxy groups -OCH3 is 1. The normalized spacial score (nSPS) is 23.8. The zero-order valence-electron chi connectivity index (χ0n) is 20.8. The Morgan fingerprint density at radius 3 is 2.27 bits per heavy atom. The van der Waals surface area contributed by atoms with Crippen LogP contribution < -0.4 is 16.1 Å². The van der Waals surface area contributed by atoms with Crippen LogP contribution in [0.25, 0.3) is 0 Å². The predicted octanol–water partition coefficient (Wildman–Crippen LogP) is 1.60. The van der Waals surface area contributed by atoms with Crippen LogP contribution in [-0.2, 0) is 31.4 Å². The Kier molecular flexibility index (Phi) is 7.38. The van der Waals surface area contributed by atoms with Gasteiger partial charge >= 0.3 is 29.7 Å². The van der Waals surface area contributed by atoms with Crippen molar-refractivity contribution in [3.05, 3.63) is 56.6 Å². The molecule has 2 aromatic rings. The van der Waals surface area contributed by atoms with E-state index >= 15 is 0 Å². The Morgan fingerprint density at radius 1 is 1.00 bits per heavy atom. The van der Waals surface area contributed by atoms with Crippen molar-refractivity contribution in [2.75, 3.05) is 13.7 Å². The lowest BCUT2D eigenvalue weighted by atomic mass is 10.0. The molecule has 0 aliphatic carbocycles. The van der Waals surface area contributed by atoms with Crippen molar-refractivity contribution < 1.29 is 23.8 Å². The van der Waals surface area contributed by atoms with Gasteiger partial charge in [-0.05, 0) is 56.7 Å². The minimum Gasteiger partial charge on any atom is -0.497 e. The van der Waals surface area contributed by atoms with Gasteiger partial charge in [-0.15, -0.1) is 0 Å². The van der Waals surface area contributed by atoms with Crippen LogP contribution in [0.3, 0.4) is 0 Å². The number of benzene rings is 1. The molecule has 3 aliphatic rings. The van der Waals surface area contributed by atoms with Crippen molar-refractivity contribution >= 4 is 23.7 Å². The van der Waals surface area contributed by atoms with Crippen molar-refractivity contribution in [3.8, 4) is 5.75 Å². The lowest BCUT2D eigenvalue weighted by Gasteiger charge is -2.38. The highest BCUT2D eigenvalue weighted by molar-refractivity contribution is 7.99. The Hall–Kier alpha value is -3.12. The average Bonchev–Trinajstić information content (AvgIpc) is 3.32. The molecule has 0 N–H and O–H groups in total. The maximum atomic E-state index is 13.0. The van der Waals surface area contributed by atoms with Crippen molar-refractivity contribution in [1.29, 1.82) is 0 Å². The van der Waals surface area contributed by atoms with Gasteiger partial charge in [0.15, 0.2) is 0 Å². The summed E-state index contributed by atoms with van der Waals surface area (Å²) in [6.07, 6.45) is 3.66. The summed E-state index contributed by atoms with van der Waals surface area (Å²) in [6, 6.07) is 9.25. The molecule has 12 heteroatoms. The van der Waals surface area contributed by atoms with E-state index in [4.69, 9.17) is 14.2 Å². The number of aromatic nitrogens is 3. The SMILES string of the molecule is COc1ccc(CSC2CC3CCC(C2)N3CCCn2c(=O)nc(C)n(C3OC(=O)C(=O)O3)c2=O)cc1. The highest BCUT2D eigenvalue weighted by Gasteiger charge is 2.40. The maximum Gasteiger partial charge on any atom is 0.422 e. The van der Waals surface area contributed by atoms with E-state index in [1.54, 1.807) is 7.11 Å². The number of aryl methyl sites for hydroxylation is 1. The lowest BCUT2D eigenvalue weighted by molar-refractivity contribution is -0.155. The molecule has 1 aromatic heterocycles. The Labute approximate surface area is 217 Å². The predicted molar refractivity (Wildman–Crippen MR) is 134 cm³/mol. The summed E-state index contributed by atoms with van der Waals surface area (Å²) >= 11 is 2.02. The fourth-order valence-corrected chi connectivity index (χ4v) is 6.86. The molecule has 198 valence electrons. The summed E-state index contributed by atoms with van der Waals surface area (Å²) in [4.78, 5) is 54.6. The minimum absolute atomic E-state index is 0.00556. The second-order valence-electron chi connectivity index (χ2n) is 9.59. The summed E-state index contributed by atoms with van der Waals surface area (Å²) in [5, 5.41) is 0.615. The molecule has 0 saturated carbocycles. The summed E-state index contributed by atoms with van der Waals surface area (Å²) in [5.74, 6) is -0.515. The van der Waals surface area contributed by atoms with E-state index < -0.39 is 29.7 Å². The van der Waals surface area contributed by atoms with Gasteiger partial charge < -0.3 is 14.2 Å². The third kappa shape index (κ3) is 5.30. The van der Waals surface area contributed by atoms with Crippen LogP contribution in [0.5, 0.6) is 5.75 Å². The van der Waals surface area contributed by atoms with E-state index in [9.17, 15) is 19.2 Å².